The summed E-state index contributed by atoms with van der Waals surface area (Å²) in [6.45, 7) is 4.86. The fourth-order valence-electron chi connectivity index (χ4n) is 5.03. The van der Waals surface area contributed by atoms with Gasteiger partial charge in [0.05, 0.1) is 12.6 Å². The third-order valence-corrected chi connectivity index (χ3v) is 6.46. The Labute approximate surface area is 171 Å². The lowest BCUT2D eigenvalue weighted by atomic mass is 9.89. The Kier molecular flexibility index (Phi) is 6.23. The first-order valence-corrected chi connectivity index (χ1v) is 10.8. The van der Waals surface area contributed by atoms with Crippen LogP contribution in [0, 0.1) is 5.92 Å². The zero-order valence-electron chi connectivity index (χ0n) is 17.2. The molecule has 0 unspecified atom stereocenters. The molecule has 0 radical (unpaired) electrons. The number of piperidine rings is 2. The summed E-state index contributed by atoms with van der Waals surface area (Å²) in [5.41, 5.74) is 2.65. The molecule has 2 aliphatic rings. The molecule has 2 fully saturated rings. The number of H-pyrrole nitrogens is 1. The van der Waals surface area contributed by atoms with Crippen LogP contribution in [-0.2, 0) is 4.74 Å². The maximum absolute atomic E-state index is 11.8. The van der Waals surface area contributed by atoms with Gasteiger partial charge in [-0.05, 0) is 63.6 Å². The van der Waals surface area contributed by atoms with Gasteiger partial charge in [-0.1, -0.05) is 12.1 Å². The lowest BCUT2D eigenvalue weighted by molar-refractivity contribution is 0.0989. The Bertz CT molecular complexity index is 890. The molecule has 0 bridgehead atoms. The minimum absolute atomic E-state index is 0.195. The molecule has 1 amide bonds. The maximum Gasteiger partial charge on any atom is 0.417 e. The summed E-state index contributed by atoms with van der Waals surface area (Å²) in [4.78, 5) is 30.5. The number of oxazole rings is 1. The Morgan fingerprint density at radius 1 is 1.24 bits per heavy atom. The number of nitrogens with one attached hydrogen (secondary N) is 1. The monoisotopic (exact) mass is 401 g/mol. The number of likely N-dealkylation sites (tertiary alicyclic amines) is 2. The van der Waals surface area contributed by atoms with E-state index in [0.29, 0.717) is 11.8 Å². The number of amides is 1. The van der Waals surface area contributed by atoms with Gasteiger partial charge in [0.2, 0.25) is 0 Å². The van der Waals surface area contributed by atoms with Crippen LogP contribution in [0.15, 0.2) is 27.4 Å². The van der Waals surface area contributed by atoms with Crippen LogP contribution in [0.5, 0.6) is 0 Å². The summed E-state index contributed by atoms with van der Waals surface area (Å²) in [7, 11) is 1.46. The number of ether oxygens (including phenoxy) is 1. The van der Waals surface area contributed by atoms with Gasteiger partial charge in [-0.25, -0.2) is 9.59 Å². The molecule has 1 N–H and O–H groups in total. The van der Waals surface area contributed by atoms with E-state index in [2.05, 4.69) is 16.0 Å². The van der Waals surface area contributed by atoms with Crippen molar-refractivity contribution < 1.29 is 13.9 Å². The molecule has 2 saturated heterocycles. The highest BCUT2D eigenvalue weighted by Crippen LogP contribution is 2.31. The number of benzene rings is 1. The average Bonchev–Trinajstić information content (AvgIpc) is 3.14. The van der Waals surface area contributed by atoms with Crippen LogP contribution in [0.2, 0.25) is 0 Å². The molecule has 158 valence electrons. The van der Waals surface area contributed by atoms with E-state index in [-0.39, 0.29) is 11.8 Å². The fourth-order valence-corrected chi connectivity index (χ4v) is 5.03. The summed E-state index contributed by atoms with van der Waals surface area (Å²) in [5, 5.41) is 0. The minimum Gasteiger partial charge on any atom is -0.453 e. The van der Waals surface area contributed by atoms with Gasteiger partial charge in [0, 0.05) is 31.1 Å². The van der Waals surface area contributed by atoms with Crippen molar-refractivity contribution in [3.63, 3.8) is 0 Å². The summed E-state index contributed by atoms with van der Waals surface area (Å²) >= 11 is 0. The van der Waals surface area contributed by atoms with Crippen LogP contribution in [0.3, 0.4) is 0 Å². The van der Waals surface area contributed by atoms with Crippen LogP contribution in [0.25, 0.3) is 11.1 Å². The van der Waals surface area contributed by atoms with Crippen LogP contribution >= 0.6 is 0 Å². The van der Waals surface area contributed by atoms with Crippen molar-refractivity contribution in [2.24, 2.45) is 5.92 Å². The van der Waals surface area contributed by atoms with E-state index in [1.54, 1.807) is 0 Å². The molecule has 3 heterocycles. The van der Waals surface area contributed by atoms with Gasteiger partial charge in [-0.3, -0.25) is 4.98 Å². The normalized spacial score (nSPS) is 23.4. The topological polar surface area (TPSA) is 78.8 Å². The number of rotatable bonds is 5. The summed E-state index contributed by atoms with van der Waals surface area (Å²) < 4.78 is 10.3. The van der Waals surface area contributed by atoms with Crippen molar-refractivity contribution in [3.05, 3.63) is 34.3 Å². The molecule has 4 rings (SSSR count). The van der Waals surface area contributed by atoms with Gasteiger partial charge in [0.1, 0.15) is 0 Å². The number of para-hydroxylation sites is 1. The van der Waals surface area contributed by atoms with E-state index in [0.717, 1.165) is 81.5 Å². The SMILES string of the molecule is COC(=O)N1CCC[C@@H](CCCN2CCC[C@@H](c3cccc4[nH]c(=O)oc34)C2)C1. The smallest absolute Gasteiger partial charge is 0.417 e. The number of hydrogen-bond donors (Lipinski definition) is 1. The van der Waals surface area contributed by atoms with Gasteiger partial charge in [-0.2, -0.15) is 0 Å². The van der Waals surface area contributed by atoms with E-state index in [4.69, 9.17) is 9.15 Å². The van der Waals surface area contributed by atoms with Crippen molar-refractivity contribution >= 4 is 17.2 Å². The van der Waals surface area contributed by atoms with Crippen LogP contribution in [0.1, 0.15) is 50.0 Å². The highest BCUT2D eigenvalue weighted by atomic mass is 16.5. The second kappa shape index (κ2) is 9.03. The predicted octanol–water partition coefficient (Wildman–Crippen LogP) is 3.56. The number of nitrogens with zero attached hydrogens (tertiary/aromatic N) is 2. The molecule has 2 atom stereocenters. The van der Waals surface area contributed by atoms with Crippen molar-refractivity contribution in [1.82, 2.24) is 14.8 Å². The zero-order chi connectivity index (χ0) is 20.2. The lowest BCUT2D eigenvalue weighted by Crippen LogP contribution is -2.40. The predicted molar refractivity (Wildman–Crippen MR) is 111 cm³/mol. The fraction of sp³-hybridized carbons (Fsp3) is 0.636. The molecule has 1 aromatic carbocycles. The van der Waals surface area contributed by atoms with Gasteiger partial charge in [0.25, 0.3) is 0 Å². The van der Waals surface area contributed by atoms with Crippen molar-refractivity contribution in [1.29, 1.82) is 0 Å². The van der Waals surface area contributed by atoms with E-state index in [1.165, 1.54) is 13.5 Å². The highest BCUT2D eigenvalue weighted by Gasteiger charge is 2.26. The minimum atomic E-state index is -0.381. The number of methoxy groups -OCH3 is 1. The molecule has 0 saturated carbocycles. The standard InChI is InChI=1S/C22H31N3O4/c1-28-22(27)25-13-4-7-16(14-25)6-3-11-24-12-5-8-17(15-24)18-9-2-10-19-20(18)29-21(26)23-19/h2,9-10,16-17H,3-8,11-15H2,1H3,(H,23,26)/t16-,17-/m1/s1. The first kappa shape index (κ1) is 20.0. The van der Waals surface area contributed by atoms with Gasteiger partial charge in [0.15, 0.2) is 5.58 Å². The van der Waals surface area contributed by atoms with E-state index in [1.807, 2.05) is 17.0 Å². The largest absolute Gasteiger partial charge is 0.453 e. The Morgan fingerprint density at radius 3 is 2.97 bits per heavy atom. The quantitative estimate of drug-likeness (QED) is 0.829. The molecule has 2 aliphatic heterocycles. The van der Waals surface area contributed by atoms with Gasteiger partial charge in [-0.15, -0.1) is 0 Å². The number of aromatic amines is 1. The second-order valence-corrected chi connectivity index (χ2v) is 8.44. The van der Waals surface area contributed by atoms with Crippen LogP contribution in [0.4, 0.5) is 4.79 Å². The van der Waals surface area contributed by atoms with Gasteiger partial charge >= 0.3 is 11.8 Å². The molecular weight excluding hydrogens is 370 g/mol. The third-order valence-electron chi connectivity index (χ3n) is 6.46. The molecule has 29 heavy (non-hydrogen) atoms. The molecule has 2 aromatic rings. The number of carbonyl (C=O) groups excluding carboxylic acids is 1. The number of hydrogen-bond acceptors (Lipinski definition) is 5. The summed E-state index contributed by atoms with van der Waals surface area (Å²) in [6, 6.07) is 5.99. The van der Waals surface area contributed by atoms with E-state index in [9.17, 15) is 9.59 Å². The third kappa shape index (κ3) is 4.66. The molecular formula is C22H31N3O4. The molecule has 1 aromatic heterocycles. The van der Waals surface area contributed by atoms with Crippen molar-refractivity contribution in [3.8, 4) is 0 Å². The highest BCUT2D eigenvalue weighted by molar-refractivity contribution is 5.76. The van der Waals surface area contributed by atoms with Crippen LogP contribution in [-0.4, -0.2) is 60.7 Å². The average molecular weight is 402 g/mol. The Balaban J connectivity index is 1.30. The number of carbonyl (C=O) groups is 1. The Hall–Kier alpha value is -2.28. The van der Waals surface area contributed by atoms with Crippen LogP contribution < -0.4 is 5.76 Å². The maximum atomic E-state index is 11.8. The number of aromatic nitrogens is 1. The lowest BCUT2D eigenvalue weighted by Gasteiger charge is -2.34. The first-order chi connectivity index (χ1) is 14.1. The Morgan fingerprint density at radius 2 is 2.10 bits per heavy atom. The van der Waals surface area contributed by atoms with E-state index < -0.39 is 0 Å². The first-order valence-electron chi connectivity index (χ1n) is 10.8. The zero-order valence-corrected chi connectivity index (χ0v) is 17.2. The second-order valence-electron chi connectivity index (χ2n) is 8.44. The van der Waals surface area contributed by atoms with Crippen molar-refractivity contribution in [2.45, 2.75) is 44.4 Å². The van der Waals surface area contributed by atoms with E-state index >= 15 is 0 Å². The molecule has 7 heteroatoms. The summed E-state index contributed by atoms with van der Waals surface area (Å²) in [6.07, 6.45) is 6.66. The molecule has 0 spiro atoms. The molecule has 0 aliphatic carbocycles. The van der Waals surface area contributed by atoms with Crippen molar-refractivity contribution in [2.75, 3.05) is 39.8 Å². The molecule has 7 nitrogen and oxygen atoms in total. The number of fused-ring (bicyclic) bond motifs is 1. The van der Waals surface area contributed by atoms with Gasteiger partial charge < -0.3 is 19.0 Å². The summed E-state index contributed by atoms with van der Waals surface area (Å²) in [5.74, 6) is 0.593.